The molecule has 186 valence electrons. The second-order valence-electron chi connectivity index (χ2n) is 7.47. The zero-order chi connectivity index (χ0) is 25.9. The van der Waals surface area contributed by atoms with Crippen LogP contribution in [-0.4, -0.2) is 37.3 Å². The molecule has 3 aromatic rings. The molecule has 13 heteroatoms. The summed E-state index contributed by atoms with van der Waals surface area (Å²) in [4.78, 5) is 28.0. The number of hydroxylamine groups is 2. The molecular weight excluding hydrogens is 498 g/mol. The molecule has 0 aliphatic carbocycles. The molecule has 0 radical (unpaired) electrons. The molecular formula is C23H18F2N4O6S. The minimum Gasteiger partial charge on any atom is -0.578 e. The van der Waals surface area contributed by atoms with Crippen LogP contribution in [0, 0.1) is 5.21 Å². The molecule has 3 N–H and O–H groups in total. The van der Waals surface area contributed by atoms with E-state index < -0.39 is 40.6 Å². The van der Waals surface area contributed by atoms with Gasteiger partial charge in [-0.25, -0.2) is 14.6 Å². The van der Waals surface area contributed by atoms with E-state index in [0.29, 0.717) is 5.56 Å². The van der Waals surface area contributed by atoms with E-state index in [0.717, 1.165) is 0 Å². The summed E-state index contributed by atoms with van der Waals surface area (Å²) >= 11 is -2.39. The second kappa shape index (κ2) is 10.3. The Morgan fingerprint density at radius 1 is 1.11 bits per heavy atom. The van der Waals surface area contributed by atoms with E-state index in [4.69, 9.17) is 5.11 Å². The maximum atomic E-state index is 13.7. The van der Waals surface area contributed by atoms with Crippen LogP contribution in [0.15, 0.2) is 78.6 Å². The Hall–Kier alpha value is -4.04. The molecule has 10 nitrogen and oxygen atoms in total. The standard InChI is InChI=1S/C23H18F2N4O6S/c24-22(25)35-17-9-7-16(8-10-17)27-19-20(15-4-2-1-3-5-15)36(34)29(33,21(19)30)13-14-6-11-18(26-12-14)28-23(31)32/h1-12,22,27H,13H2,(H,26,28)(H,31,32). The lowest BCUT2D eigenvalue weighted by atomic mass is 10.1. The number of carbonyl (C=O) groups is 2. The average Bonchev–Trinajstić information content (AvgIpc) is 3.02. The average molecular weight is 516 g/mol. The number of rotatable bonds is 8. The summed E-state index contributed by atoms with van der Waals surface area (Å²) in [5.74, 6) is -1.09. The number of ether oxygens (including phenoxy) is 1. The van der Waals surface area contributed by atoms with Crippen molar-refractivity contribution in [3.05, 3.63) is 95.0 Å². The highest BCUT2D eigenvalue weighted by molar-refractivity contribution is 7.96. The third-order valence-electron chi connectivity index (χ3n) is 5.03. The van der Waals surface area contributed by atoms with Crippen LogP contribution < -0.4 is 15.4 Å². The number of amides is 2. The molecule has 1 aliphatic heterocycles. The largest absolute Gasteiger partial charge is 0.578 e. The summed E-state index contributed by atoms with van der Waals surface area (Å²) in [6.45, 7) is -3.54. The molecule has 36 heavy (non-hydrogen) atoms. The van der Waals surface area contributed by atoms with E-state index in [2.05, 4.69) is 20.4 Å². The lowest BCUT2D eigenvalue weighted by molar-refractivity contribution is -0.680. The van der Waals surface area contributed by atoms with Crippen LogP contribution in [-0.2, 0) is 22.7 Å². The zero-order valence-electron chi connectivity index (χ0n) is 18.3. The van der Waals surface area contributed by atoms with Gasteiger partial charge in [0.05, 0.1) is 0 Å². The summed E-state index contributed by atoms with van der Waals surface area (Å²) in [7, 11) is 0. The van der Waals surface area contributed by atoms with E-state index in [1.165, 1.54) is 42.6 Å². The van der Waals surface area contributed by atoms with Crippen molar-refractivity contribution >= 4 is 39.8 Å². The number of aromatic nitrogens is 1. The van der Waals surface area contributed by atoms with Gasteiger partial charge in [-0.3, -0.25) is 5.32 Å². The van der Waals surface area contributed by atoms with Crippen molar-refractivity contribution < 1.29 is 36.8 Å². The number of quaternary nitrogens is 1. The first kappa shape index (κ1) is 25.1. The number of carbonyl (C=O) groups excluding carboxylic acids is 1. The van der Waals surface area contributed by atoms with Gasteiger partial charge in [-0.15, -0.1) is 0 Å². The fraction of sp³-hybridized carbons (Fsp3) is 0.0870. The van der Waals surface area contributed by atoms with Crippen molar-refractivity contribution in [3.8, 4) is 5.75 Å². The summed E-state index contributed by atoms with van der Waals surface area (Å²) in [6.07, 6.45) is -0.108. The molecule has 2 heterocycles. The molecule has 0 bridgehead atoms. The lowest BCUT2D eigenvalue weighted by Crippen LogP contribution is -2.48. The quantitative estimate of drug-likeness (QED) is 0.229. The van der Waals surface area contributed by atoms with Crippen molar-refractivity contribution in [1.29, 1.82) is 0 Å². The topological polar surface area (TPSA) is 147 Å². The van der Waals surface area contributed by atoms with E-state index in [1.807, 2.05) is 0 Å². The number of hydrogen-bond acceptors (Lipinski definition) is 7. The van der Waals surface area contributed by atoms with Crippen LogP contribution >= 0.6 is 0 Å². The van der Waals surface area contributed by atoms with E-state index >= 15 is 0 Å². The van der Waals surface area contributed by atoms with Gasteiger partial charge in [0, 0.05) is 23.0 Å². The first-order valence-electron chi connectivity index (χ1n) is 10.3. The summed E-state index contributed by atoms with van der Waals surface area (Å²) < 4.78 is 40.9. The number of hydrogen-bond donors (Lipinski definition) is 3. The Balaban J connectivity index is 1.65. The first-order chi connectivity index (χ1) is 17.2. The molecule has 2 aromatic carbocycles. The second-order valence-corrected chi connectivity index (χ2v) is 8.96. The molecule has 2 unspecified atom stereocenters. The summed E-state index contributed by atoms with van der Waals surface area (Å²) in [5.41, 5.74) is 0.725. The molecule has 0 fully saturated rings. The van der Waals surface area contributed by atoms with Crippen molar-refractivity contribution in [3.63, 3.8) is 0 Å². The number of anilines is 2. The van der Waals surface area contributed by atoms with Gasteiger partial charge in [-0.2, -0.15) is 8.78 Å². The van der Waals surface area contributed by atoms with Gasteiger partial charge in [-0.1, -0.05) is 22.3 Å². The Morgan fingerprint density at radius 2 is 1.81 bits per heavy atom. The maximum Gasteiger partial charge on any atom is 0.412 e. The molecule has 2 amide bonds. The molecule has 4 rings (SSSR count). The predicted molar refractivity (Wildman–Crippen MR) is 126 cm³/mol. The van der Waals surface area contributed by atoms with E-state index in [-0.39, 0.29) is 33.4 Å². The fourth-order valence-electron chi connectivity index (χ4n) is 3.46. The maximum absolute atomic E-state index is 13.7. The van der Waals surface area contributed by atoms with Crippen LogP contribution in [0.3, 0.4) is 0 Å². The Labute approximate surface area is 206 Å². The van der Waals surface area contributed by atoms with Crippen LogP contribution in [0.1, 0.15) is 11.1 Å². The minimum atomic E-state index is -3.00. The highest BCUT2D eigenvalue weighted by Crippen LogP contribution is 2.42. The lowest BCUT2D eigenvalue weighted by Gasteiger charge is -2.32. The normalized spacial score (nSPS) is 19.5. The monoisotopic (exact) mass is 516 g/mol. The minimum absolute atomic E-state index is 0.0133. The van der Waals surface area contributed by atoms with Crippen molar-refractivity contribution in [2.45, 2.75) is 13.2 Å². The third kappa shape index (κ3) is 5.28. The number of nitrogens with zero attached hydrogens (tertiary/aromatic N) is 2. The SMILES string of the molecule is O=C(O)Nc1ccc(C[N+]2([O-])C(=O)C(Nc3ccc(OC(F)F)cc3)=C(c3ccccc3)[S+]2[O-])cn1. The molecule has 1 aliphatic rings. The van der Waals surface area contributed by atoms with Crippen molar-refractivity contribution in [2.24, 2.45) is 0 Å². The highest BCUT2D eigenvalue weighted by atomic mass is 32.2. The van der Waals surface area contributed by atoms with Gasteiger partial charge in [0.15, 0.2) is 6.54 Å². The number of alkyl halides is 2. The van der Waals surface area contributed by atoms with Crippen molar-refractivity contribution in [2.75, 3.05) is 10.6 Å². The number of pyridine rings is 1. The zero-order valence-corrected chi connectivity index (χ0v) is 19.1. The van der Waals surface area contributed by atoms with Crippen LogP contribution in [0.2, 0.25) is 0 Å². The van der Waals surface area contributed by atoms with Crippen LogP contribution in [0.25, 0.3) is 4.91 Å². The van der Waals surface area contributed by atoms with E-state index in [1.54, 1.807) is 30.3 Å². The molecule has 0 saturated heterocycles. The number of carboxylic acid groups (broad SMARTS) is 1. The van der Waals surface area contributed by atoms with Gasteiger partial charge in [-0.05, 0) is 48.5 Å². The smallest absolute Gasteiger partial charge is 0.412 e. The summed E-state index contributed by atoms with van der Waals surface area (Å²) in [5, 5.41) is 27.4. The highest BCUT2D eigenvalue weighted by Gasteiger charge is 2.56. The molecule has 0 spiro atoms. The Morgan fingerprint density at radius 3 is 2.39 bits per heavy atom. The van der Waals surface area contributed by atoms with Gasteiger partial charge in [0.25, 0.3) is 4.91 Å². The molecule has 1 aromatic heterocycles. The molecule has 0 saturated carbocycles. The van der Waals surface area contributed by atoms with Crippen molar-refractivity contribution in [1.82, 2.24) is 4.98 Å². The van der Waals surface area contributed by atoms with Gasteiger partial charge in [0.1, 0.15) is 11.6 Å². The first-order valence-corrected chi connectivity index (χ1v) is 11.4. The number of halogens is 2. The van der Waals surface area contributed by atoms with E-state index in [9.17, 15) is 28.1 Å². The Bertz CT molecular complexity index is 1290. The van der Waals surface area contributed by atoms with Gasteiger partial charge in [0.2, 0.25) is 17.1 Å². The Kier molecular flexibility index (Phi) is 7.17. The third-order valence-corrected chi connectivity index (χ3v) is 6.65. The number of nitrogens with one attached hydrogen (secondary N) is 2. The van der Waals surface area contributed by atoms with Crippen LogP contribution in [0.5, 0.6) is 5.75 Å². The molecule has 2 atom stereocenters. The number of benzene rings is 2. The van der Waals surface area contributed by atoms with Crippen LogP contribution in [0.4, 0.5) is 25.1 Å². The summed E-state index contributed by atoms with van der Waals surface area (Å²) in [6, 6.07) is 16.2. The fourth-order valence-corrected chi connectivity index (χ4v) is 4.91. The van der Waals surface area contributed by atoms with Gasteiger partial charge < -0.3 is 24.9 Å². The van der Waals surface area contributed by atoms with Gasteiger partial charge >= 0.3 is 18.6 Å². The predicted octanol–water partition coefficient (Wildman–Crippen LogP) is 4.27.